The molecule has 54 valence electrons. The molecule has 5 N–H and O–H groups in total. The minimum Gasteiger partial charge on any atom is -0.355 e. The van der Waals surface area contributed by atoms with Gasteiger partial charge in [-0.1, -0.05) is 6.58 Å². The van der Waals surface area contributed by atoms with Gasteiger partial charge in [-0.15, -0.1) is 0 Å². The summed E-state index contributed by atoms with van der Waals surface area (Å²) >= 11 is 0. The average molecular weight is 131 g/mol. The van der Waals surface area contributed by atoms with Crippen molar-refractivity contribution in [2.45, 2.75) is 6.92 Å². The summed E-state index contributed by atoms with van der Waals surface area (Å²) in [7, 11) is 1.58. The summed E-state index contributed by atoms with van der Waals surface area (Å²) in [6, 6.07) is 0. The number of carbonyl (C=O) groups is 1. The number of nitrogens with one attached hydrogen (secondary N) is 1. The van der Waals surface area contributed by atoms with Gasteiger partial charge in [0.2, 0.25) is 5.91 Å². The number of hydrazine groups is 1. The first-order valence-electron chi connectivity index (χ1n) is 2.39. The van der Waals surface area contributed by atoms with Gasteiger partial charge >= 0.3 is 0 Å². The van der Waals surface area contributed by atoms with Crippen molar-refractivity contribution in [3.63, 3.8) is 0 Å². The van der Waals surface area contributed by atoms with Crippen molar-refractivity contribution in [1.82, 2.24) is 5.32 Å². The van der Waals surface area contributed by atoms with Crippen molar-refractivity contribution in [3.8, 4) is 0 Å². The van der Waals surface area contributed by atoms with Gasteiger partial charge in [0.25, 0.3) is 0 Å². The SMILES string of the molecule is C=C(C)C(=O)NC.NN. The Morgan fingerprint density at radius 2 is 1.89 bits per heavy atom. The van der Waals surface area contributed by atoms with Gasteiger partial charge < -0.3 is 5.32 Å². The molecule has 0 spiro atoms. The second-order valence-corrected chi connectivity index (χ2v) is 1.36. The van der Waals surface area contributed by atoms with E-state index in [0.29, 0.717) is 5.57 Å². The molecule has 0 rings (SSSR count). The molecule has 0 atom stereocenters. The number of nitrogens with two attached hydrogens (primary N) is 2. The third-order valence-electron chi connectivity index (χ3n) is 0.615. The molecule has 0 aliphatic carbocycles. The number of rotatable bonds is 1. The molecule has 4 heteroatoms. The van der Waals surface area contributed by atoms with Crippen LogP contribution in [0.2, 0.25) is 0 Å². The zero-order valence-electron chi connectivity index (χ0n) is 5.77. The van der Waals surface area contributed by atoms with Crippen molar-refractivity contribution in [1.29, 1.82) is 0 Å². The molecule has 0 bridgehead atoms. The molecule has 1 amide bonds. The Balaban J connectivity index is 0. The highest BCUT2D eigenvalue weighted by Gasteiger charge is 1.92. The molecule has 0 saturated heterocycles. The van der Waals surface area contributed by atoms with Crippen LogP contribution < -0.4 is 17.0 Å². The molecule has 0 radical (unpaired) electrons. The van der Waals surface area contributed by atoms with E-state index < -0.39 is 0 Å². The van der Waals surface area contributed by atoms with Crippen LogP contribution in [0.4, 0.5) is 0 Å². The van der Waals surface area contributed by atoms with Crippen LogP contribution in [0.5, 0.6) is 0 Å². The minimum absolute atomic E-state index is 0.0972. The van der Waals surface area contributed by atoms with Gasteiger partial charge in [0.15, 0.2) is 0 Å². The second kappa shape index (κ2) is 7.13. The maximum atomic E-state index is 10.3. The fourth-order valence-corrected chi connectivity index (χ4v) is 0.213. The van der Waals surface area contributed by atoms with Crippen LogP contribution in [0.1, 0.15) is 6.92 Å². The van der Waals surface area contributed by atoms with Crippen molar-refractivity contribution < 1.29 is 4.79 Å². The molecule has 4 nitrogen and oxygen atoms in total. The summed E-state index contributed by atoms with van der Waals surface area (Å²) in [4.78, 5) is 10.3. The Morgan fingerprint density at radius 1 is 1.56 bits per heavy atom. The van der Waals surface area contributed by atoms with Crippen molar-refractivity contribution in [3.05, 3.63) is 12.2 Å². The maximum absolute atomic E-state index is 10.3. The van der Waals surface area contributed by atoms with Crippen molar-refractivity contribution in [2.75, 3.05) is 7.05 Å². The van der Waals surface area contributed by atoms with Crippen molar-refractivity contribution in [2.24, 2.45) is 11.7 Å². The molecule has 0 aromatic carbocycles. The summed E-state index contributed by atoms with van der Waals surface area (Å²) in [5.41, 5.74) is 0.544. The minimum atomic E-state index is -0.0972. The van der Waals surface area contributed by atoms with E-state index in [1.807, 2.05) is 0 Å². The van der Waals surface area contributed by atoms with Gasteiger partial charge in [-0.25, -0.2) is 0 Å². The van der Waals surface area contributed by atoms with Crippen LogP contribution >= 0.6 is 0 Å². The highest BCUT2D eigenvalue weighted by atomic mass is 16.1. The van der Waals surface area contributed by atoms with Crippen LogP contribution in [0, 0.1) is 0 Å². The molecule has 0 heterocycles. The highest BCUT2D eigenvalue weighted by Crippen LogP contribution is 1.81. The Hall–Kier alpha value is -0.870. The van der Waals surface area contributed by atoms with Crippen LogP contribution in [0.15, 0.2) is 12.2 Å². The van der Waals surface area contributed by atoms with E-state index >= 15 is 0 Å². The lowest BCUT2D eigenvalue weighted by molar-refractivity contribution is -0.116. The number of hydrogen-bond donors (Lipinski definition) is 3. The molecule has 0 saturated carbocycles. The fourth-order valence-electron chi connectivity index (χ4n) is 0.213. The third-order valence-corrected chi connectivity index (χ3v) is 0.615. The van der Waals surface area contributed by atoms with E-state index in [0.717, 1.165) is 0 Å². The Morgan fingerprint density at radius 3 is 1.89 bits per heavy atom. The molecule has 0 aromatic rings. The lowest BCUT2D eigenvalue weighted by Gasteiger charge is -1.91. The number of amides is 1. The Labute approximate surface area is 54.9 Å². The van der Waals surface area contributed by atoms with E-state index in [4.69, 9.17) is 0 Å². The summed E-state index contributed by atoms with van der Waals surface area (Å²) in [6.07, 6.45) is 0. The highest BCUT2D eigenvalue weighted by molar-refractivity contribution is 5.91. The van der Waals surface area contributed by atoms with Gasteiger partial charge in [-0.3, -0.25) is 16.5 Å². The van der Waals surface area contributed by atoms with Gasteiger partial charge in [0.05, 0.1) is 0 Å². The van der Waals surface area contributed by atoms with E-state index in [2.05, 4.69) is 23.6 Å². The van der Waals surface area contributed by atoms with Gasteiger partial charge in [0, 0.05) is 12.6 Å². The molecule has 0 aliphatic rings. The smallest absolute Gasteiger partial charge is 0.246 e. The summed E-state index contributed by atoms with van der Waals surface area (Å²) in [6.45, 7) is 5.08. The molecular weight excluding hydrogens is 118 g/mol. The van der Waals surface area contributed by atoms with Gasteiger partial charge in [0.1, 0.15) is 0 Å². The normalized spacial score (nSPS) is 6.67. The van der Waals surface area contributed by atoms with E-state index in [1.54, 1.807) is 14.0 Å². The van der Waals surface area contributed by atoms with Gasteiger partial charge in [-0.2, -0.15) is 0 Å². The average Bonchev–Trinajstić information content (AvgIpc) is 1.91. The topological polar surface area (TPSA) is 81.1 Å². The number of hydrogen-bond acceptors (Lipinski definition) is 3. The summed E-state index contributed by atoms with van der Waals surface area (Å²) < 4.78 is 0. The Bertz CT molecular complexity index is 100. The molecule has 0 aromatic heterocycles. The zero-order chi connectivity index (χ0) is 7.86. The molecule has 0 fully saturated rings. The van der Waals surface area contributed by atoms with Crippen LogP contribution in [0.25, 0.3) is 0 Å². The number of likely N-dealkylation sites (N-methyl/N-ethyl adjacent to an activating group) is 1. The van der Waals surface area contributed by atoms with Crippen molar-refractivity contribution >= 4 is 5.91 Å². The molecule has 9 heavy (non-hydrogen) atoms. The largest absolute Gasteiger partial charge is 0.355 e. The quantitative estimate of drug-likeness (QED) is 0.246. The van der Waals surface area contributed by atoms with E-state index in [9.17, 15) is 4.79 Å². The van der Waals surface area contributed by atoms with E-state index in [-0.39, 0.29) is 5.91 Å². The second-order valence-electron chi connectivity index (χ2n) is 1.36. The van der Waals surface area contributed by atoms with Crippen LogP contribution in [0.3, 0.4) is 0 Å². The fraction of sp³-hybridized carbons (Fsp3) is 0.400. The molecule has 0 unspecified atom stereocenters. The molecule has 0 aliphatic heterocycles. The predicted octanol–water partition coefficient (Wildman–Crippen LogP) is -0.873. The maximum Gasteiger partial charge on any atom is 0.246 e. The van der Waals surface area contributed by atoms with Crippen LogP contribution in [-0.4, -0.2) is 13.0 Å². The first-order valence-corrected chi connectivity index (χ1v) is 2.39. The first kappa shape index (κ1) is 11.0. The standard InChI is InChI=1S/C5H9NO.H4N2/c1-4(2)5(7)6-3;1-2/h1H2,2-3H3,(H,6,7);1-2H2. The summed E-state index contributed by atoms with van der Waals surface area (Å²) in [5, 5.41) is 2.43. The monoisotopic (exact) mass is 131 g/mol. The van der Waals surface area contributed by atoms with Gasteiger partial charge in [-0.05, 0) is 6.92 Å². The van der Waals surface area contributed by atoms with E-state index in [1.165, 1.54) is 0 Å². The van der Waals surface area contributed by atoms with Crippen LogP contribution in [-0.2, 0) is 4.79 Å². The lowest BCUT2D eigenvalue weighted by Crippen LogP contribution is -2.17. The predicted molar refractivity (Wildman–Crippen MR) is 37.3 cm³/mol. The molecular formula is C5H13N3O. The first-order chi connectivity index (χ1) is 4.18. The summed E-state index contributed by atoms with van der Waals surface area (Å²) in [5.74, 6) is 7.90. The zero-order valence-corrected chi connectivity index (χ0v) is 5.77. The number of carbonyl (C=O) groups excluding carboxylic acids is 1. The third kappa shape index (κ3) is 7.13. The Kier molecular flexibility index (Phi) is 8.71. The lowest BCUT2D eigenvalue weighted by atomic mass is 10.3.